The zero-order chi connectivity index (χ0) is 11.8. The van der Waals surface area contributed by atoms with E-state index >= 15 is 0 Å². The summed E-state index contributed by atoms with van der Waals surface area (Å²) in [5.74, 6) is 0. The molecule has 1 aromatic heterocycles. The smallest absolute Gasteiger partial charge is 0.317 e. The van der Waals surface area contributed by atoms with Crippen molar-refractivity contribution in [3.63, 3.8) is 0 Å². The molecule has 1 N–H and O–H groups in total. The maximum atomic E-state index is 11.7. The number of urea groups is 1. The standard InChI is InChI=1S/C12H19N3O/c1-3-7-14-12(16)15(4-2)10-11-5-8-13-9-6-11/h5-6,8-9H,3-4,7,10H2,1-2H3,(H,14,16). The van der Waals surface area contributed by atoms with Crippen LogP contribution in [-0.2, 0) is 6.54 Å². The van der Waals surface area contributed by atoms with Crippen LogP contribution in [0.3, 0.4) is 0 Å². The van der Waals surface area contributed by atoms with E-state index in [2.05, 4.69) is 10.3 Å². The lowest BCUT2D eigenvalue weighted by Gasteiger charge is -2.21. The zero-order valence-electron chi connectivity index (χ0n) is 9.94. The molecule has 0 spiro atoms. The predicted molar refractivity (Wildman–Crippen MR) is 64.0 cm³/mol. The number of carbonyl (C=O) groups is 1. The average molecular weight is 221 g/mol. The van der Waals surface area contributed by atoms with Gasteiger partial charge in [0, 0.05) is 32.0 Å². The van der Waals surface area contributed by atoms with E-state index in [-0.39, 0.29) is 6.03 Å². The molecule has 1 heterocycles. The van der Waals surface area contributed by atoms with Gasteiger partial charge < -0.3 is 10.2 Å². The quantitative estimate of drug-likeness (QED) is 0.826. The van der Waals surface area contributed by atoms with Crippen LogP contribution in [0, 0.1) is 0 Å². The van der Waals surface area contributed by atoms with Crippen LogP contribution in [-0.4, -0.2) is 29.0 Å². The fraction of sp³-hybridized carbons (Fsp3) is 0.500. The maximum Gasteiger partial charge on any atom is 0.317 e. The largest absolute Gasteiger partial charge is 0.338 e. The number of carbonyl (C=O) groups excluding carboxylic acids is 1. The Morgan fingerprint density at radius 2 is 2.06 bits per heavy atom. The van der Waals surface area contributed by atoms with Crippen molar-refractivity contribution >= 4 is 6.03 Å². The molecule has 0 saturated heterocycles. The molecule has 0 aliphatic heterocycles. The first kappa shape index (κ1) is 12.5. The van der Waals surface area contributed by atoms with Crippen LogP contribution in [0.25, 0.3) is 0 Å². The molecule has 16 heavy (non-hydrogen) atoms. The first-order valence-electron chi connectivity index (χ1n) is 5.69. The Hall–Kier alpha value is -1.58. The molecule has 0 saturated carbocycles. The normalized spacial score (nSPS) is 9.88. The van der Waals surface area contributed by atoms with Crippen LogP contribution in [0.4, 0.5) is 4.79 Å². The summed E-state index contributed by atoms with van der Waals surface area (Å²) in [6.45, 7) is 6.09. The highest BCUT2D eigenvalue weighted by Crippen LogP contribution is 2.02. The number of nitrogens with one attached hydrogen (secondary N) is 1. The Morgan fingerprint density at radius 3 is 2.62 bits per heavy atom. The number of nitrogens with zero attached hydrogens (tertiary/aromatic N) is 2. The molecular weight excluding hydrogens is 202 g/mol. The number of hydrogen-bond acceptors (Lipinski definition) is 2. The number of rotatable bonds is 5. The van der Waals surface area contributed by atoms with Crippen molar-refractivity contribution in [2.24, 2.45) is 0 Å². The molecule has 4 heteroatoms. The van der Waals surface area contributed by atoms with Crippen molar-refractivity contribution in [1.29, 1.82) is 0 Å². The highest BCUT2D eigenvalue weighted by molar-refractivity contribution is 5.74. The highest BCUT2D eigenvalue weighted by atomic mass is 16.2. The van der Waals surface area contributed by atoms with Crippen molar-refractivity contribution in [3.05, 3.63) is 30.1 Å². The molecule has 0 radical (unpaired) electrons. The average Bonchev–Trinajstić information content (AvgIpc) is 2.34. The fourth-order valence-corrected chi connectivity index (χ4v) is 1.38. The van der Waals surface area contributed by atoms with Gasteiger partial charge in [-0.25, -0.2) is 4.79 Å². The molecule has 0 aliphatic rings. The van der Waals surface area contributed by atoms with E-state index in [0.29, 0.717) is 13.1 Å². The van der Waals surface area contributed by atoms with Gasteiger partial charge >= 0.3 is 6.03 Å². The zero-order valence-corrected chi connectivity index (χ0v) is 9.94. The second-order valence-corrected chi connectivity index (χ2v) is 3.60. The number of hydrogen-bond donors (Lipinski definition) is 1. The monoisotopic (exact) mass is 221 g/mol. The van der Waals surface area contributed by atoms with Crippen molar-refractivity contribution in [2.45, 2.75) is 26.8 Å². The van der Waals surface area contributed by atoms with Gasteiger partial charge in [0.2, 0.25) is 0 Å². The molecule has 4 nitrogen and oxygen atoms in total. The highest BCUT2D eigenvalue weighted by Gasteiger charge is 2.10. The van der Waals surface area contributed by atoms with E-state index in [0.717, 1.165) is 18.5 Å². The molecule has 0 bridgehead atoms. The van der Waals surface area contributed by atoms with Gasteiger partial charge in [-0.3, -0.25) is 4.98 Å². The van der Waals surface area contributed by atoms with Crippen LogP contribution < -0.4 is 5.32 Å². The lowest BCUT2D eigenvalue weighted by Crippen LogP contribution is -2.39. The van der Waals surface area contributed by atoms with E-state index in [4.69, 9.17) is 0 Å². The Kier molecular flexibility index (Phi) is 5.32. The Bertz CT molecular complexity index is 313. The fourth-order valence-electron chi connectivity index (χ4n) is 1.38. The van der Waals surface area contributed by atoms with Crippen LogP contribution in [0.15, 0.2) is 24.5 Å². The van der Waals surface area contributed by atoms with Crippen LogP contribution >= 0.6 is 0 Å². The molecule has 0 unspecified atom stereocenters. The van der Waals surface area contributed by atoms with Gasteiger partial charge in [-0.05, 0) is 31.0 Å². The minimum Gasteiger partial charge on any atom is -0.338 e. The van der Waals surface area contributed by atoms with E-state index in [1.54, 1.807) is 17.3 Å². The molecule has 1 aromatic rings. The first-order valence-corrected chi connectivity index (χ1v) is 5.69. The molecule has 0 fully saturated rings. The van der Waals surface area contributed by atoms with Crippen molar-refractivity contribution in [2.75, 3.05) is 13.1 Å². The molecular formula is C12H19N3O. The summed E-state index contributed by atoms with van der Waals surface area (Å²) in [7, 11) is 0. The van der Waals surface area contributed by atoms with Gasteiger partial charge in [-0.15, -0.1) is 0 Å². The Balaban J connectivity index is 2.52. The Morgan fingerprint density at radius 1 is 1.38 bits per heavy atom. The topological polar surface area (TPSA) is 45.2 Å². The SMILES string of the molecule is CCCNC(=O)N(CC)Cc1ccncc1. The Labute approximate surface area is 96.7 Å². The lowest BCUT2D eigenvalue weighted by molar-refractivity contribution is 0.198. The van der Waals surface area contributed by atoms with Crippen molar-refractivity contribution in [3.8, 4) is 0 Å². The molecule has 0 aromatic carbocycles. The minimum atomic E-state index is 0.00108. The summed E-state index contributed by atoms with van der Waals surface area (Å²) < 4.78 is 0. The summed E-state index contributed by atoms with van der Waals surface area (Å²) in [6.07, 6.45) is 4.44. The molecule has 0 atom stereocenters. The van der Waals surface area contributed by atoms with Crippen molar-refractivity contribution in [1.82, 2.24) is 15.2 Å². The van der Waals surface area contributed by atoms with Gasteiger partial charge in [0.1, 0.15) is 0 Å². The molecule has 2 amide bonds. The van der Waals surface area contributed by atoms with Gasteiger partial charge in [0.25, 0.3) is 0 Å². The molecule has 1 rings (SSSR count). The van der Waals surface area contributed by atoms with Crippen molar-refractivity contribution < 1.29 is 4.79 Å². The third-order valence-corrected chi connectivity index (χ3v) is 2.32. The second kappa shape index (κ2) is 6.82. The predicted octanol–water partition coefficient (Wildman–Crippen LogP) is 2.02. The maximum absolute atomic E-state index is 11.7. The van der Waals surface area contributed by atoms with Gasteiger partial charge in [-0.1, -0.05) is 6.92 Å². The molecule has 0 aliphatic carbocycles. The summed E-state index contributed by atoms with van der Waals surface area (Å²) in [5, 5.41) is 2.87. The summed E-state index contributed by atoms with van der Waals surface area (Å²) in [4.78, 5) is 17.5. The third-order valence-electron chi connectivity index (χ3n) is 2.32. The third kappa shape index (κ3) is 3.88. The molecule has 88 valence electrons. The number of amides is 2. The van der Waals surface area contributed by atoms with Gasteiger partial charge in [-0.2, -0.15) is 0 Å². The van der Waals surface area contributed by atoms with Crippen LogP contribution in [0.2, 0.25) is 0 Å². The van der Waals surface area contributed by atoms with Gasteiger partial charge in [0.15, 0.2) is 0 Å². The van der Waals surface area contributed by atoms with E-state index < -0.39 is 0 Å². The van der Waals surface area contributed by atoms with Crippen LogP contribution in [0.5, 0.6) is 0 Å². The minimum absolute atomic E-state index is 0.00108. The second-order valence-electron chi connectivity index (χ2n) is 3.60. The summed E-state index contributed by atoms with van der Waals surface area (Å²) >= 11 is 0. The lowest BCUT2D eigenvalue weighted by atomic mass is 10.2. The van der Waals surface area contributed by atoms with E-state index in [1.165, 1.54) is 0 Å². The summed E-state index contributed by atoms with van der Waals surface area (Å²) in [5.41, 5.74) is 1.10. The summed E-state index contributed by atoms with van der Waals surface area (Å²) in [6, 6.07) is 3.85. The number of pyridine rings is 1. The van der Waals surface area contributed by atoms with Gasteiger partial charge in [0.05, 0.1) is 0 Å². The van der Waals surface area contributed by atoms with E-state index in [9.17, 15) is 4.79 Å². The number of aromatic nitrogens is 1. The van der Waals surface area contributed by atoms with E-state index in [1.807, 2.05) is 26.0 Å². The first-order chi connectivity index (χ1) is 7.77. The van der Waals surface area contributed by atoms with Crippen LogP contribution in [0.1, 0.15) is 25.8 Å².